The van der Waals surface area contributed by atoms with Crippen LogP contribution in [-0.2, 0) is 16.2 Å². The number of carbonyl (C=O) groups excluding carboxylic acids is 1. The molecular weight excluding hydrogens is 442 g/mol. The first kappa shape index (κ1) is 22.6. The van der Waals surface area contributed by atoms with Crippen molar-refractivity contribution in [3.63, 3.8) is 0 Å². The van der Waals surface area contributed by atoms with Crippen LogP contribution in [0.3, 0.4) is 0 Å². The van der Waals surface area contributed by atoms with Gasteiger partial charge in [0.05, 0.1) is 19.2 Å². The van der Waals surface area contributed by atoms with Crippen LogP contribution in [0.5, 0.6) is 11.5 Å². The maximum atomic E-state index is 11.7. The first-order chi connectivity index (χ1) is 14.9. The lowest BCUT2D eigenvalue weighted by Gasteiger charge is -2.12. The second kappa shape index (κ2) is 10.8. The molecule has 162 valence electrons. The van der Waals surface area contributed by atoms with Crippen molar-refractivity contribution >= 4 is 46.6 Å². The summed E-state index contributed by atoms with van der Waals surface area (Å²) in [5.74, 6) is -0.269. The summed E-state index contributed by atoms with van der Waals surface area (Å²) in [6.45, 7) is 2.71. The molecule has 31 heavy (non-hydrogen) atoms. The predicted octanol–water partition coefficient (Wildman–Crippen LogP) is 3.71. The van der Waals surface area contributed by atoms with Gasteiger partial charge in [0.2, 0.25) is 5.91 Å². The van der Waals surface area contributed by atoms with E-state index in [1.54, 1.807) is 30.3 Å². The molecule has 0 spiro atoms. The van der Waals surface area contributed by atoms with Crippen LogP contribution < -0.4 is 14.8 Å². The number of rotatable bonds is 9. The minimum absolute atomic E-state index is 0.264. The topological polar surface area (TPSA) is 110 Å². The van der Waals surface area contributed by atoms with Gasteiger partial charge in [0.1, 0.15) is 11.9 Å². The molecule has 2 N–H and O–H groups in total. The number of amidine groups is 1. The van der Waals surface area contributed by atoms with E-state index in [1.165, 1.54) is 6.21 Å². The van der Waals surface area contributed by atoms with E-state index >= 15 is 0 Å². The van der Waals surface area contributed by atoms with E-state index < -0.39 is 11.2 Å². The van der Waals surface area contributed by atoms with Gasteiger partial charge >= 0.3 is 5.97 Å². The predicted molar refractivity (Wildman–Crippen MR) is 120 cm³/mol. The summed E-state index contributed by atoms with van der Waals surface area (Å²) in [4.78, 5) is 22.5. The van der Waals surface area contributed by atoms with Crippen molar-refractivity contribution in [3.8, 4) is 11.5 Å². The molecule has 0 bridgehead atoms. The van der Waals surface area contributed by atoms with E-state index in [2.05, 4.69) is 15.5 Å². The average Bonchev–Trinajstić information content (AvgIpc) is 3.07. The lowest BCUT2D eigenvalue weighted by molar-refractivity contribution is -0.138. The van der Waals surface area contributed by atoms with Crippen molar-refractivity contribution in [2.24, 2.45) is 10.2 Å². The normalized spacial score (nSPS) is 17.2. The number of amides is 1. The van der Waals surface area contributed by atoms with E-state index in [0.717, 1.165) is 22.9 Å². The second-order valence-electron chi connectivity index (χ2n) is 6.40. The highest BCUT2D eigenvalue weighted by Gasteiger charge is 2.32. The molecule has 10 heteroatoms. The number of carboxylic acids is 1. The van der Waals surface area contributed by atoms with Crippen LogP contribution in [0.4, 0.5) is 0 Å². The molecule has 1 amide bonds. The SMILES string of the molecule is CCOc1cc(C=NN=C2NC(=O)C(CC(=O)O)S2)ccc1OCc1ccc(Cl)cc1. The third-order valence-corrected chi connectivity index (χ3v) is 5.39. The van der Waals surface area contributed by atoms with Crippen molar-refractivity contribution in [3.05, 3.63) is 58.6 Å². The van der Waals surface area contributed by atoms with E-state index in [0.29, 0.717) is 29.7 Å². The first-order valence-corrected chi connectivity index (χ1v) is 10.6. The molecule has 2 aromatic rings. The number of ether oxygens (including phenoxy) is 2. The van der Waals surface area contributed by atoms with Crippen LogP contribution in [0.2, 0.25) is 5.02 Å². The fraction of sp³-hybridized carbons (Fsp3) is 0.238. The summed E-state index contributed by atoms with van der Waals surface area (Å²) in [6.07, 6.45) is 1.24. The Hall–Kier alpha value is -3.04. The molecule has 1 heterocycles. The Morgan fingerprint density at radius 1 is 1.23 bits per heavy atom. The van der Waals surface area contributed by atoms with Crippen LogP contribution in [0.1, 0.15) is 24.5 Å². The molecule has 8 nitrogen and oxygen atoms in total. The fourth-order valence-corrected chi connectivity index (χ4v) is 3.67. The number of carbonyl (C=O) groups is 2. The Labute approximate surface area is 188 Å². The largest absolute Gasteiger partial charge is 0.490 e. The van der Waals surface area contributed by atoms with Crippen molar-refractivity contribution in [1.29, 1.82) is 0 Å². The quantitative estimate of drug-likeness (QED) is 0.435. The minimum Gasteiger partial charge on any atom is -0.490 e. The molecule has 1 fully saturated rings. The number of halogens is 1. The van der Waals surface area contributed by atoms with Crippen LogP contribution in [0.25, 0.3) is 0 Å². The van der Waals surface area contributed by atoms with Crippen LogP contribution in [0, 0.1) is 0 Å². The number of benzene rings is 2. The molecule has 1 aliphatic rings. The smallest absolute Gasteiger partial charge is 0.305 e. The highest BCUT2D eigenvalue weighted by atomic mass is 35.5. The zero-order valence-corrected chi connectivity index (χ0v) is 18.2. The number of aliphatic carboxylic acids is 1. The van der Waals surface area contributed by atoms with Crippen molar-refractivity contribution < 1.29 is 24.2 Å². The van der Waals surface area contributed by atoms with Crippen molar-refractivity contribution in [1.82, 2.24) is 5.32 Å². The lowest BCUT2D eigenvalue weighted by Crippen LogP contribution is -2.26. The first-order valence-electron chi connectivity index (χ1n) is 9.39. The number of hydrogen-bond donors (Lipinski definition) is 2. The third kappa shape index (κ3) is 6.73. The third-order valence-electron chi connectivity index (χ3n) is 4.07. The van der Waals surface area contributed by atoms with Crippen LogP contribution in [-0.4, -0.2) is 40.2 Å². The maximum Gasteiger partial charge on any atom is 0.305 e. The highest BCUT2D eigenvalue weighted by molar-refractivity contribution is 8.15. The summed E-state index contributed by atoms with van der Waals surface area (Å²) in [5.41, 5.74) is 1.70. The summed E-state index contributed by atoms with van der Waals surface area (Å²) in [6, 6.07) is 12.8. The van der Waals surface area contributed by atoms with Gasteiger partial charge in [-0.05, 0) is 48.4 Å². The highest BCUT2D eigenvalue weighted by Crippen LogP contribution is 2.29. The Kier molecular flexibility index (Phi) is 7.91. The minimum atomic E-state index is -1.04. The van der Waals surface area contributed by atoms with Gasteiger partial charge in [-0.3, -0.25) is 9.59 Å². The van der Waals surface area contributed by atoms with E-state index in [-0.39, 0.29) is 17.5 Å². The molecule has 0 saturated carbocycles. The molecule has 0 aliphatic carbocycles. The number of thioether (sulfide) groups is 1. The zero-order valence-electron chi connectivity index (χ0n) is 16.6. The van der Waals surface area contributed by atoms with Crippen LogP contribution in [0.15, 0.2) is 52.7 Å². The molecule has 0 radical (unpaired) electrons. The molecular formula is C21H20ClN3O5S. The van der Waals surface area contributed by atoms with Gasteiger partial charge < -0.3 is 19.9 Å². The number of nitrogens with zero attached hydrogens (tertiary/aromatic N) is 2. The van der Waals surface area contributed by atoms with Gasteiger partial charge in [0, 0.05) is 5.02 Å². The van der Waals surface area contributed by atoms with E-state index in [9.17, 15) is 9.59 Å². The molecule has 1 saturated heterocycles. The molecule has 1 atom stereocenters. The number of carboxylic acid groups (broad SMARTS) is 1. The van der Waals surface area contributed by atoms with Gasteiger partial charge in [-0.25, -0.2) is 0 Å². The maximum absolute atomic E-state index is 11.7. The number of nitrogens with one attached hydrogen (secondary N) is 1. The van der Waals surface area contributed by atoms with Gasteiger partial charge in [0.15, 0.2) is 16.7 Å². The Bertz CT molecular complexity index is 1010. The standard InChI is InChI=1S/C21H20ClN3O5S/c1-2-29-17-9-14(5-8-16(17)30-12-13-3-6-15(22)7-4-13)11-23-25-21-24-20(28)18(31-21)10-19(26)27/h3-9,11,18H,2,10,12H2,1H3,(H,26,27)(H,24,25,28). The summed E-state index contributed by atoms with van der Waals surface area (Å²) < 4.78 is 11.5. The molecule has 1 aliphatic heterocycles. The average molecular weight is 462 g/mol. The Morgan fingerprint density at radius 3 is 2.71 bits per heavy atom. The van der Waals surface area contributed by atoms with Gasteiger partial charge in [0.25, 0.3) is 0 Å². The van der Waals surface area contributed by atoms with Crippen molar-refractivity contribution in [2.75, 3.05) is 6.61 Å². The van der Waals surface area contributed by atoms with Crippen molar-refractivity contribution in [2.45, 2.75) is 25.2 Å². The number of hydrogen-bond acceptors (Lipinski definition) is 7. The van der Waals surface area contributed by atoms with Gasteiger partial charge in [-0.15, -0.1) is 5.10 Å². The second-order valence-corrected chi connectivity index (χ2v) is 8.03. The molecule has 1 unspecified atom stereocenters. The monoisotopic (exact) mass is 461 g/mol. The summed E-state index contributed by atoms with van der Waals surface area (Å²) in [7, 11) is 0. The lowest BCUT2D eigenvalue weighted by atomic mass is 10.2. The Balaban J connectivity index is 1.65. The molecule has 0 aromatic heterocycles. The van der Waals surface area contributed by atoms with Gasteiger partial charge in [-0.2, -0.15) is 5.10 Å². The van der Waals surface area contributed by atoms with E-state index in [1.807, 2.05) is 19.1 Å². The Morgan fingerprint density at radius 2 is 2.00 bits per heavy atom. The zero-order chi connectivity index (χ0) is 22.2. The molecule has 3 rings (SSSR count). The summed E-state index contributed by atoms with van der Waals surface area (Å²) in [5, 5.41) is 19.5. The van der Waals surface area contributed by atoms with Gasteiger partial charge in [-0.1, -0.05) is 35.5 Å². The fourth-order valence-electron chi connectivity index (χ4n) is 2.63. The van der Waals surface area contributed by atoms with E-state index in [4.69, 9.17) is 26.2 Å². The summed E-state index contributed by atoms with van der Waals surface area (Å²) >= 11 is 6.95. The van der Waals surface area contributed by atoms with Crippen LogP contribution >= 0.6 is 23.4 Å². The molecule has 2 aromatic carbocycles.